The second-order valence-electron chi connectivity index (χ2n) is 4.34. The smallest absolute Gasteiger partial charge is 0.0152 e. The molecule has 2 aromatic carbocycles. The second-order valence-corrected chi connectivity index (χ2v) is 4.34. The van der Waals surface area contributed by atoms with Crippen LogP contribution in [0, 0.1) is 13.8 Å². The van der Waals surface area contributed by atoms with Gasteiger partial charge in [0.15, 0.2) is 0 Å². The quantitative estimate of drug-likeness (QED) is 0.511. The molecule has 0 aliphatic carbocycles. The lowest BCUT2D eigenvalue weighted by molar-refractivity contribution is 1.09. The SMILES string of the molecule is CC.CC.CCC.Cc1ccccc1-c1ccccc1C. The van der Waals surface area contributed by atoms with Crippen molar-refractivity contribution in [3.8, 4) is 11.1 Å². The molecule has 0 aromatic heterocycles. The van der Waals surface area contributed by atoms with Crippen molar-refractivity contribution < 1.29 is 0 Å². The van der Waals surface area contributed by atoms with Crippen molar-refractivity contribution in [2.24, 2.45) is 0 Å². The van der Waals surface area contributed by atoms with Crippen LogP contribution in [0.5, 0.6) is 0 Å². The predicted octanol–water partition coefficient (Wildman–Crippen LogP) is 7.44. The van der Waals surface area contributed by atoms with E-state index in [0.29, 0.717) is 0 Å². The maximum absolute atomic E-state index is 2.18. The van der Waals surface area contributed by atoms with Crippen LogP contribution in [-0.2, 0) is 0 Å². The van der Waals surface area contributed by atoms with Gasteiger partial charge in [-0.2, -0.15) is 0 Å². The molecule has 0 fully saturated rings. The first kappa shape index (κ1) is 21.7. The number of hydrogen-bond donors (Lipinski definition) is 0. The summed E-state index contributed by atoms with van der Waals surface area (Å²) in [4.78, 5) is 0. The largest absolute Gasteiger partial charge is 0.0683 e. The zero-order valence-corrected chi connectivity index (χ0v) is 15.3. The topological polar surface area (TPSA) is 0 Å². The normalized spacial score (nSPS) is 8.19. The fraction of sp³-hybridized carbons (Fsp3) is 0.429. The van der Waals surface area contributed by atoms with Gasteiger partial charge in [-0.1, -0.05) is 96.5 Å². The molecule has 21 heavy (non-hydrogen) atoms. The van der Waals surface area contributed by atoms with Gasteiger partial charge in [0.05, 0.1) is 0 Å². The molecule has 0 N–H and O–H groups in total. The fourth-order valence-electron chi connectivity index (χ4n) is 1.75. The van der Waals surface area contributed by atoms with Gasteiger partial charge in [-0.05, 0) is 36.1 Å². The van der Waals surface area contributed by atoms with E-state index in [1.165, 1.54) is 28.7 Å². The Balaban J connectivity index is 0. The maximum atomic E-state index is 2.18. The van der Waals surface area contributed by atoms with Crippen LogP contribution in [0.4, 0.5) is 0 Å². The Kier molecular flexibility index (Phi) is 15.4. The Morgan fingerprint density at radius 3 is 1.05 bits per heavy atom. The van der Waals surface area contributed by atoms with Crippen molar-refractivity contribution in [3.63, 3.8) is 0 Å². The maximum Gasteiger partial charge on any atom is -0.0152 e. The minimum absolute atomic E-state index is 1.25. The van der Waals surface area contributed by atoms with Crippen LogP contribution >= 0.6 is 0 Å². The molecule has 0 heteroatoms. The molecule has 118 valence electrons. The highest BCUT2D eigenvalue weighted by Crippen LogP contribution is 2.25. The summed E-state index contributed by atoms with van der Waals surface area (Å²) >= 11 is 0. The van der Waals surface area contributed by atoms with Gasteiger partial charge in [0.2, 0.25) is 0 Å². The Morgan fingerprint density at radius 1 is 0.571 bits per heavy atom. The molecular weight excluding hydrogens is 252 g/mol. The molecule has 0 heterocycles. The molecule has 0 aliphatic heterocycles. The van der Waals surface area contributed by atoms with Gasteiger partial charge in [0.25, 0.3) is 0 Å². The molecule has 0 nitrogen and oxygen atoms in total. The lowest BCUT2D eigenvalue weighted by Gasteiger charge is -2.08. The summed E-state index contributed by atoms with van der Waals surface area (Å²) in [6.07, 6.45) is 1.25. The molecule has 0 amide bonds. The third kappa shape index (κ3) is 8.34. The summed E-state index contributed by atoms with van der Waals surface area (Å²) in [6.45, 7) is 16.6. The van der Waals surface area contributed by atoms with Crippen LogP contribution in [0.15, 0.2) is 48.5 Å². The summed E-state index contributed by atoms with van der Waals surface area (Å²) in [7, 11) is 0. The van der Waals surface area contributed by atoms with Gasteiger partial charge < -0.3 is 0 Å². The first-order chi connectivity index (χ1) is 10.2. The molecule has 0 spiro atoms. The molecule has 2 rings (SSSR count). The van der Waals surface area contributed by atoms with Crippen LogP contribution in [0.25, 0.3) is 11.1 Å². The highest BCUT2D eigenvalue weighted by Gasteiger charge is 2.02. The highest BCUT2D eigenvalue weighted by molar-refractivity contribution is 5.70. The van der Waals surface area contributed by atoms with Gasteiger partial charge in [-0.25, -0.2) is 0 Å². The van der Waals surface area contributed by atoms with Crippen molar-refractivity contribution in [1.29, 1.82) is 0 Å². The Labute approximate surface area is 133 Å². The van der Waals surface area contributed by atoms with E-state index >= 15 is 0 Å². The molecule has 0 saturated carbocycles. The Hall–Kier alpha value is -1.56. The lowest BCUT2D eigenvalue weighted by atomic mass is 9.97. The van der Waals surface area contributed by atoms with Gasteiger partial charge in [0, 0.05) is 0 Å². The fourth-order valence-corrected chi connectivity index (χ4v) is 1.75. The summed E-state index contributed by atoms with van der Waals surface area (Å²) in [5.74, 6) is 0. The average molecular weight is 287 g/mol. The standard InChI is InChI=1S/C14H14.C3H8.2C2H6/c1-11-7-3-5-9-13(11)14-10-6-4-8-12(14)2;1-3-2;2*1-2/h3-10H,1-2H3;3H2,1-2H3;2*1-2H3. The second kappa shape index (κ2) is 14.8. The van der Waals surface area contributed by atoms with E-state index in [9.17, 15) is 0 Å². The van der Waals surface area contributed by atoms with E-state index in [2.05, 4.69) is 76.2 Å². The van der Waals surface area contributed by atoms with E-state index in [0.717, 1.165) is 0 Å². The number of benzene rings is 2. The minimum Gasteiger partial charge on any atom is -0.0683 e. The summed E-state index contributed by atoms with van der Waals surface area (Å²) in [5.41, 5.74) is 5.35. The highest BCUT2D eigenvalue weighted by atomic mass is 14.1. The third-order valence-corrected chi connectivity index (χ3v) is 2.58. The van der Waals surface area contributed by atoms with E-state index in [4.69, 9.17) is 0 Å². The van der Waals surface area contributed by atoms with Crippen molar-refractivity contribution in [2.75, 3.05) is 0 Å². The molecule has 0 aliphatic rings. The van der Waals surface area contributed by atoms with Crippen LogP contribution in [0.3, 0.4) is 0 Å². The van der Waals surface area contributed by atoms with E-state index in [1.54, 1.807) is 0 Å². The minimum atomic E-state index is 1.25. The van der Waals surface area contributed by atoms with Crippen LogP contribution < -0.4 is 0 Å². The summed E-state index contributed by atoms with van der Waals surface area (Å²) in [6, 6.07) is 17.0. The molecule has 2 aromatic rings. The lowest BCUT2D eigenvalue weighted by Crippen LogP contribution is -1.85. The molecule has 0 atom stereocenters. The van der Waals surface area contributed by atoms with Gasteiger partial charge in [-0.15, -0.1) is 0 Å². The average Bonchev–Trinajstić information content (AvgIpc) is 2.53. The predicted molar refractivity (Wildman–Crippen MR) is 100 cm³/mol. The van der Waals surface area contributed by atoms with Crippen LogP contribution in [0.2, 0.25) is 0 Å². The summed E-state index contributed by atoms with van der Waals surface area (Å²) < 4.78 is 0. The molecular formula is C21H34. The van der Waals surface area contributed by atoms with Crippen LogP contribution in [-0.4, -0.2) is 0 Å². The first-order valence-corrected chi connectivity index (χ1v) is 8.32. The monoisotopic (exact) mass is 286 g/mol. The van der Waals surface area contributed by atoms with E-state index in [1.807, 2.05) is 27.7 Å². The number of hydrogen-bond acceptors (Lipinski definition) is 0. The zero-order chi connectivity index (χ0) is 16.7. The van der Waals surface area contributed by atoms with Crippen molar-refractivity contribution >= 4 is 0 Å². The Bertz CT molecular complexity index is 412. The third-order valence-electron chi connectivity index (χ3n) is 2.58. The van der Waals surface area contributed by atoms with Crippen molar-refractivity contribution in [3.05, 3.63) is 59.7 Å². The van der Waals surface area contributed by atoms with Gasteiger partial charge in [0.1, 0.15) is 0 Å². The molecule has 0 radical (unpaired) electrons. The number of aryl methyl sites for hydroxylation is 2. The molecule has 0 bridgehead atoms. The summed E-state index contributed by atoms with van der Waals surface area (Å²) in [5, 5.41) is 0. The molecule has 0 saturated heterocycles. The van der Waals surface area contributed by atoms with E-state index < -0.39 is 0 Å². The van der Waals surface area contributed by atoms with Gasteiger partial charge in [-0.3, -0.25) is 0 Å². The Morgan fingerprint density at radius 2 is 0.810 bits per heavy atom. The van der Waals surface area contributed by atoms with E-state index in [-0.39, 0.29) is 0 Å². The first-order valence-electron chi connectivity index (χ1n) is 8.32. The number of rotatable bonds is 1. The zero-order valence-electron chi connectivity index (χ0n) is 15.3. The van der Waals surface area contributed by atoms with Gasteiger partial charge >= 0.3 is 0 Å². The van der Waals surface area contributed by atoms with Crippen molar-refractivity contribution in [1.82, 2.24) is 0 Å². The molecule has 0 unspecified atom stereocenters. The van der Waals surface area contributed by atoms with Crippen LogP contribution in [0.1, 0.15) is 59.1 Å². The van der Waals surface area contributed by atoms with Crippen molar-refractivity contribution in [2.45, 2.75) is 61.8 Å².